The zero-order chi connectivity index (χ0) is 21.1. The van der Waals surface area contributed by atoms with Crippen molar-refractivity contribution in [3.8, 4) is 5.75 Å². The van der Waals surface area contributed by atoms with Gasteiger partial charge in [-0.05, 0) is 31.2 Å². The molecule has 4 aromatic rings. The number of nitrogens with zero attached hydrogens (tertiary/aromatic N) is 4. The van der Waals surface area contributed by atoms with Crippen molar-refractivity contribution in [1.29, 1.82) is 0 Å². The molecule has 0 bridgehead atoms. The van der Waals surface area contributed by atoms with Gasteiger partial charge in [-0.2, -0.15) is 0 Å². The molecule has 0 saturated carbocycles. The van der Waals surface area contributed by atoms with Crippen molar-refractivity contribution in [3.05, 3.63) is 94.0 Å². The average molecular weight is 404 g/mol. The topological polar surface area (TPSA) is 92.3 Å². The maximum atomic E-state index is 11.4. The SMILES string of the molecule is CCOC(c1ccccc1)(c1ccc([N+](=O)[O-])c(OC)c1)n1nnc2ccccc21. The van der Waals surface area contributed by atoms with Crippen LogP contribution in [0, 0.1) is 10.1 Å². The summed E-state index contributed by atoms with van der Waals surface area (Å²) in [5.41, 5.74) is 1.60. The second-order valence-electron chi connectivity index (χ2n) is 6.58. The summed E-state index contributed by atoms with van der Waals surface area (Å²) < 4.78 is 13.4. The highest BCUT2D eigenvalue weighted by molar-refractivity contribution is 5.75. The number of aromatic nitrogens is 3. The van der Waals surface area contributed by atoms with E-state index < -0.39 is 10.6 Å². The van der Waals surface area contributed by atoms with E-state index in [4.69, 9.17) is 9.47 Å². The number of nitro groups is 1. The van der Waals surface area contributed by atoms with E-state index in [9.17, 15) is 10.1 Å². The number of rotatable bonds is 7. The maximum Gasteiger partial charge on any atom is 0.310 e. The molecule has 1 aromatic heterocycles. The molecule has 4 rings (SSSR count). The standard InChI is InChI=1S/C22H20N4O4/c1-3-30-22(16-9-5-4-6-10-16,25-19-12-8-7-11-18(19)23-24-25)17-13-14-20(26(27)28)21(15-17)29-2/h4-15H,3H2,1-2H3. The molecule has 1 heterocycles. The van der Waals surface area contributed by atoms with Gasteiger partial charge >= 0.3 is 5.69 Å². The number of benzene rings is 3. The molecule has 0 fully saturated rings. The van der Waals surface area contributed by atoms with Crippen molar-refractivity contribution in [3.63, 3.8) is 0 Å². The number of hydrogen-bond donors (Lipinski definition) is 0. The molecule has 8 heteroatoms. The number of fused-ring (bicyclic) bond motifs is 1. The minimum atomic E-state index is -1.20. The van der Waals surface area contributed by atoms with Gasteiger partial charge in [0.2, 0.25) is 5.72 Å². The van der Waals surface area contributed by atoms with Gasteiger partial charge in [-0.3, -0.25) is 10.1 Å². The monoisotopic (exact) mass is 404 g/mol. The summed E-state index contributed by atoms with van der Waals surface area (Å²) in [5, 5.41) is 20.1. The van der Waals surface area contributed by atoms with Crippen LogP contribution in [-0.4, -0.2) is 33.6 Å². The van der Waals surface area contributed by atoms with Crippen LogP contribution in [-0.2, 0) is 10.5 Å². The van der Waals surface area contributed by atoms with Crippen LogP contribution < -0.4 is 4.74 Å². The molecule has 30 heavy (non-hydrogen) atoms. The summed E-state index contributed by atoms with van der Waals surface area (Å²) in [5.74, 6) is 0.141. The number of methoxy groups -OCH3 is 1. The molecule has 0 amide bonds. The first-order chi connectivity index (χ1) is 14.6. The van der Waals surface area contributed by atoms with Gasteiger partial charge in [-0.1, -0.05) is 47.7 Å². The lowest BCUT2D eigenvalue weighted by Crippen LogP contribution is -2.40. The Morgan fingerprint density at radius 1 is 1.03 bits per heavy atom. The minimum Gasteiger partial charge on any atom is -0.490 e. The second kappa shape index (κ2) is 7.92. The fraction of sp³-hybridized carbons (Fsp3) is 0.182. The highest BCUT2D eigenvalue weighted by atomic mass is 16.6. The summed E-state index contributed by atoms with van der Waals surface area (Å²) in [4.78, 5) is 10.9. The largest absolute Gasteiger partial charge is 0.490 e. The van der Waals surface area contributed by atoms with Crippen LogP contribution in [0.15, 0.2) is 72.8 Å². The third-order valence-corrected chi connectivity index (χ3v) is 4.94. The van der Waals surface area contributed by atoms with Crippen molar-refractivity contribution < 1.29 is 14.4 Å². The van der Waals surface area contributed by atoms with Crippen molar-refractivity contribution in [2.75, 3.05) is 13.7 Å². The summed E-state index contributed by atoms with van der Waals surface area (Å²) in [6, 6.07) is 21.9. The Labute approximate surface area is 172 Å². The van der Waals surface area contributed by atoms with E-state index in [1.54, 1.807) is 16.8 Å². The molecule has 0 aliphatic rings. The van der Waals surface area contributed by atoms with Crippen LogP contribution in [0.25, 0.3) is 11.0 Å². The fourth-order valence-electron chi connectivity index (χ4n) is 3.65. The summed E-state index contributed by atoms with van der Waals surface area (Å²) in [6.07, 6.45) is 0. The Bertz CT molecular complexity index is 1190. The van der Waals surface area contributed by atoms with Gasteiger partial charge in [0.15, 0.2) is 5.75 Å². The van der Waals surface area contributed by atoms with Crippen molar-refractivity contribution in [1.82, 2.24) is 15.0 Å². The van der Waals surface area contributed by atoms with Crippen molar-refractivity contribution in [2.24, 2.45) is 0 Å². The molecular weight excluding hydrogens is 384 g/mol. The van der Waals surface area contributed by atoms with Gasteiger partial charge in [-0.25, -0.2) is 4.68 Å². The van der Waals surface area contributed by atoms with E-state index in [1.807, 2.05) is 61.5 Å². The number of hydrogen-bond acceptors (Lipinski definition) is 6. The quantitative estimate of drug-likeness (QED) is 0.340. The van der Waals surface area contributed by atoms with Crippen LogP contribution >= 0.6 is 0 Å². The lowest BCUT2D eigenvalue weighted by Gasteiger charge is -2.35. The van der Waals surface area contributed by atoms with E-state index in [0.717, 1.165) is 11.1 Å². The summed E-state index contributed by atoms with van der Waals surface area (Å²) in [6.45, 7) is 2.25. The van der Waals surface area contributed by atoms with Crippen molar-refractivity contribution >= 4 is 16.7 Å². The predicted octanol–water partition coefficient (Wildman–Crippen LogP) is 4.13. The van der Waals surface area contributed by atoms with Crippen molar-refractivity contribution in [2.45, 2.75) is 12.6 Å². The highest BCUT2D eigenvalue weighted by Crippen LogP contribution is 2.40. The van der Waals surface area contributed by atoms with Gasteiger partial charge in [0.05, 0.1) is 17.5 Å². The smallest absolute Gasteiger partial charge is 0.310 e. The first kappa shape index (κ1) is 19.5. The van der Waals surface area contributed by atoms with Gasteiger partial charge < -0.3 is 9.47 Å². The van der Waals surface area contributed by atoms with E-state index in [-0.39, 0.29) is 11.4 Å². The second-order valence-corrected chi connectivity index (χ2v) is 6.58. The molecule has 0 saturated heterocycles. The Morgan fingerprint density at radius 2 is 1.77 bits per heavy atom. The lowest BCUT2D eigenvalue weighted by molar-refractivity contribution is -0.385. The summed E-state index contributed by atoms with van der Waals surface area (Å²) >= 11 is 0. The Hall–Kier alpha value is -3.78. The minimum absolute atomic E-state index is 0.122. The van der Waals surface area contributed by atoms with Crippen LogP contribution in [0.3, 0.4) is 0 Å². The zero-order valence-electron chi connectivity index (χ0n) is 16.6. The van der Waals surface area contributed by atoms with Gasteiger partial charge in [0.25, 0.3) is 0 Å². The van der Waals surface area contributed by atoms with E-state index >= 15 is 0 Å². The molecular formula is C22H20N4O4. The molecule has 0 aliphatic carbocycles. The number of nitro benzene ring substituents is 1. The molecule has 3 aromatic carbocycles. The highest BCUT2D eigenvalue weighted by Gasteiger charge is 2.41. The zero-order valence-corrected chi connectivity index (χ0v) is 16.6. The average Bonchev–Trinajstić information content (AvgIpc) is 3.22. The molecule has 0 N–H and O–H groups in total. The first-order valence-electron chi connectivity index (χ1n) is 9.45. The molecule has 1 atom stereocenters. The normalized spacial score (nSPS) is 13.1. The molecule has 1 unspecified atom stereocenters. The van der Waals surface area contributed by atoms with Crippen LogP contribution in [0.1, 0.15) is 18.1 Å². The van der Waals surface area contributed by atoms with E-state index in [0.29, 0.717) is 17.7 Å². The van der Waals surface area contributed by atoms with Crippen LogP contribution in [0.4, 0.5) is 5.69 Å². The van der Waals surface area contributed by atoms with Gasteiger partial charge in [0, 0.05) is 23.8 Å². The fourth-order valence-corrected chi connectivity index (χ4v) is 3.65. The van der Waals surface area contributed by atoms with E-state index in [1.165, 1.54) is 13.2 Å². The molecule has 0 radical (unpaired) electrons. The Balaban J connectivity index is 2.07. The van der Waals surface area contributed by atoms with Crippen LogP contribution in [0.5, 0.6) is 5.75 Å². The third-order valence-electron chi connectivity index (χ3n) is 4.94. The molecule has 8 nitrogen and oxygen atoms in total. The van der Waals surface area contributed by atoms with E-state index in [2.05, 4.69) is 10.3 Å². The Kier molecular flexibility index (Phi) is 5.16. The Morgan fingerprint density at radius 3 is 2.47 bits per heavy atom. The number of para-hydroxylation sites is 1. The van der Waals surface area contributed by atoms with Crippen LogP contribution in [0.2, 0.25) is 0 Å². The maximum absolute atomic E-state index is 11.4. The molecule has 0 spiro atoms. The molecule has 0 aliphatic heterocycles. The lowest BCUT2D eigenvalue weighted by atomic mass is 9.93. The first-order valence-corrected chi connectivity index (χ1v) is 9.45. The van der Waals surface area contributed by atoms with Gasteiger partial charge in [-0.15, -0.1) is 5.10 Å². The predicted molar refractivity (Wildman–Crippen MR) is 111 cm³/mol. The molecule has 152 valence electrons. The third kappa shape index (κ3) is 3.07. The van der Waals surface area contributed by atoms with Gasteiger partial charge in [0.1, 0.15) is 5.52 Å². The summed E-state index contributed by atoms with van der Waals surface area (Å²) in [7, 11) is 1.40. The number of ether oxygens (including phenoxy) is 2.